The molecular weight excluding hydrogens is 1130 g/mol. The number of rotatable bonds is 22. The first kappa shape index (κ1) is 61.7. The second-order valence-electron chi connectivity index (χ2n) is 24.8. The number of aliphatic imine (C=N–C) groups is 1. The average Bonchev–Trinajstić information content (AvgIpc) is 1.90. The van der Waals surface area contributed by atoms with Crippen LogP contribution in [-0.2, 0) is 59.6 Å². The standard InChI is InChI=1S/C66H75N7O13S/c1-39(34-85-64(2,3)4)60(77)72(66(7,8)38-65(5,6)63(80)67-21-22-87-37-59(76)86-73-57(74)19-20-58(73)75)44-24-40(35-83-55-30-49-47(28-53(55)81-9)61(78)70-45(32-68-49)26-42-15-11-13-17-51(42)70)23-41(25-44)36-84-56-31-50-48(29-54(56)82-10)62(79)71-46(33-69-50)27-43-16-12-14-18-52(43)71/h11-18,23-25,28-32,39,45-46,69H,19-22,26-27,33-38H2,1-10H3,(H,67,80)/t39?,45-,46-/m0/s1. The van der Waals surface area contributed by atoms with Gasteiger partial charge in [0.25, 0.3) is 23.6 Å². The highest BCUT2D eigenvalue weighted by atomic mass is 32.2. The molecule has 0 radical (unpaired) electrons. The van der Waals surface area contributed by atoms with Crippen molar-refractivity contribution in [1.29, 1.82) is 0 Å². The maximum absolute atomic E-state index is 15.4. The highest BCUT2D eigenvalue weighted by Gasteiger charge is 2.44. The van der Waals surface area contributed by atoms with Crippen LogP contribution in [0.15, 0.2) is 96.0 Å². The van der Waals surface area contributed by atoms with Crippen molar-refractivity contribution in [1.82, 2.24) is 10.4 Å². The molecular formula is C66H75N7O13S. The minimum absolute atomic E-state index is 0.0110. The van der Waals surface area contributed by atoms with E-state index in [-0.39, 0.29) is 87.1 Å². The molecule has 5 aliphatic rings. The molecule has 458 valence electrons. The number of methoxy groups -OCH3 is 2. The van der Waals surface area contributed by atoms with Crippen molar-refractivity contribution in [2.75, 3.05) is 65.4 Å². The molecule has 3 atom stereocenters. The van der Waals surface area contributed by atoms with Gasteiger partial charge < -0.3 is 49.0 Å². The number of hydrogen-bond donors (Lipinski definition) is 2. The van der Waals surface area contributed by atoms with Gasteiger partial charge in [-0.3, -0.25) is 38.7 Å². The summed E-state index contributed by atoms with van der Waals surface area (Å²) in [5, 5.41) is 7.01. The molecule has 0 aromatic heterocycles. The Kier molecular flexibility index (Phi) is 17.8. The first-order valence-corrected chi connectivity index (χ1v) is 30.4. The van der Waals surface area contributed by atoms with Gasteiger partial charge in [-0.1, -0.05) is 57.2 Å². The van der Waals surface area contributed by atoms with Crippen molar-refractivity contribution >= 4 is 87.8 Å². The van der Waals surface area contributed by atoms with Crippen LogP contribution in [0.5, 0.6) is 23.0 Å². The van der Waals surface area contributed by atoms with Gasteiger partial charge in [0.05, 0.1) is 72.7 Å². The summed E-state index contributed by atoms with van der Waals surface area (Å²) >= 11 is 1.18. The molecule has 5 aromatic carbocycles. The fraction of sp³-hybridized carbons (Fsp3) is 0.424. The molecule has 2 N–H and O–H groups in total. The second-order valence-corrected chi connectivity index (χ2v) is 25.9. The van der Waals surface area contributed by atoms with Gasteiger partial charge >= 0.3 is 5.97 Å². The van der Waals surface area contributed by atoms with Gasteiger partial charge in [0, 0.05) is 84.5 Å². The van der Waals surface area contributed by atoms with Crippen LogP contribution in [0, 0.1) is 11.3 Å². The molecule has 21 heteroatoms. The van der Waals surface area contributed by atoms with Crippen molar-refractivity contribution in [2.24, 2.45) is 16.3 Å². The number of para-hydroxylation sites is 2. The van der Waals surface area contributed by atoms with Gasteiger partial charge in [-0.25, -0.2) is 4.79 Å². The van der Waals surface area contributed by atoms with Gasteiger partial charge in [-0.2, -0.15) is 0 Å². The molecule has 6 amide bonds. The van der Waals surface area contributed by atoms with Crippen LogP contribution in [-0.4, -0.2) is 121 Å². The summed E-state index contributed by atoms with van der Waals surface area (Å²) in [5.74, 6) is -1.91. The minimum atomic E-state index is -1.07. The number of nitrogens with zero attached hydrogens (tertiary/aromatic N) is 5. The lowest BCUT2D eigenvalue weighted by atomic mass is 9.77. The fourth-order valence-corrected chi connectivity index (χ4v) is 12.7. The van der Waals surface area contributed by atoms with Crippen LogP contribution in [0.25, 0.3) is 0 Å². The molecule has 5 heterocycles. The van der Waals surface area contributed by atoms with Gasteiger partial charge in [0.1, 0.15) is 13.2 Å². The number of benzene rings is 5. The van der Waals surface area contributed by atoms with Crippen LogP contribution in [0.3, 0.4) is 0 Å². The normalized spacial score (nSPS) is 17.2. The van der Waals surface area contributed by atoms with Gasteiger partial charge in [0.2, 0.25) is 11.8 Å². The topological polar surface area (TPSA) is 224 Å². The molecule has 1 saturated heterocycles. The molecule has 5 aromatic rings. The van der Waals surface area contributed by atoms with Gasteiger partial charge in [-0.15, -0.1) is 16.8 Å². The first-order valence-electron chi connectivity index (χ1n) is 29.3. The Hall–Kier alpha value is -8.43. The van der Waals surface area contributed by atoms with E-state index < -0.39 is 40.3 Å². The van der Waals surface area contributed by atoms with Crippen LogP contribution >= 0.6 is 11.8 Å². The SMILES string of the molecule is COc1cc2c(cc1OCc1cc(COc3cc4c(cc3OC)C(=O)N3c5ccccc5C[C@H]3CN4)cc(N(C(=O)C(C)COC(C)(C)C)C(C)(C)CC(C)(C)C(=O)NCCSCC(=O)ON3C(=O)CCC3=O)c1)N=C[C@@H]1Cc3ccccc3N1C2=O. The Bertz CT molecular complexity index is 3560. The molecule has 5 aliphatic heterocycles. The van der Waals surface area contributed by atoms with E-state index in [2.05, 4.69) is 16.7 Å². The maximum Gasteiger partial charge on any atom is 0.342 e. The summed E-state index contributed by atoms with van der Waals surface area (Å²) in [6.45, 7) is 15.8. The summed E-state index contributed by atoms with van der Waals surface area (Å²) in [5.41, 5.74) is 4.79. The Morgan fingerprint density at radius 3 is 1.99 bits per heavy atom. The lowest BCUT2D eigenvalue weighted by Crippen LogP contribution is -2.54. The number of fused-ring (bicyclic) bond motifs is 8. The highest BCUT2D eigenvalue weighted by Crippen LogP contribution is 2.44. The Morgan fingerprint density at radius 1 is 0.747 bits per heavy atom. The molecule has 20 nitrogen and oxygen atoms in total. The quantitative estimate of drug-likeness (QED) is 0.0486. The minimum Gasteiger partial charge on any atom is -0.493 e. The highest BCUT2D eigenvalue weighted by molar-refractivity contribution is 7.99. The van der Waals surface area contributed by atoms with Crippen molar-refractivity contribution in [3.63, 3.8) is 0 Å². The monoisotopic (exact) mass is 1210 g/mol. The fourth-order valence-electron chi connectivity index (χ4n) is 12.1. The Balaban J connectivity index is 0.951. The average molecular weight is 1210 g/mol. The van der Waals surface area contributed by atoms with Gasteiger partial charge in [-0.05, 0) is 112 Å². The summed E-state index contributed by atoms with van der Waals surface area (Å²) in [6.07, 6.45) is 3.29. The number of carbonyl (C=O) groups excluding carboxylic acids is 7. The van der Waals surface area contributed by atoms with Crippen molar-refractivity contribution in [2.45, 2.75) is 124 Å². The zero-order valence-corrected chi connectivity index (χ0v) is 51.7. The third kappa shape index (κ3) is 13.3. The van der Waals surface area contributed by atoms with Crippen molar-refractivity contribution in [3.8, 4) is 23.0 Å². The lowest BCUT2D eigenvalue weighted by molar-refractivity contribution is -0.195. The van der Waals surface area contributed by atoms with E-state index in [4.69, 9.17) is 33.5 Å². The molecule has 87 heavy (non-hydrogen) atoms. The van der Waals surface area contributed by atoms with Crippen molar-refractivity contribution in [3.05, 3.63) is 124 Å². The lowest BCUT2D eigenvalue weighted by Gasteiger charge is -2.44. The predicted octanol–water partition coefficient (Wildman–Crippen LogP) is 9.58. The third-order valence-corrected chi connectivity index (χ3v) is 17.0. The number of imide groups is 1. The molecule has 0 aliphatic carbocycles. The second kappa shape index (κ2) is 25.1. The summed E-state index contributed by atoms with van der Waals surface area (Å²) in [4.78, 5) is 110. The smallest absolute Gasteiger partial charge is 0.342 e. The van der Waals surface area contributed by atoms with E-state index in [9.17, 15) is 28.8 Å². The maximum atomic E-state index is 15.4. The summed E-state index contributed by atoms with van der Waals surface area (Å²) in [7, 11) is 3.03. The third-order valence-electron chi connectivity index (χ3n) is 16.0. The molecule has 0 spiro atoms. The van der Waals surface area contributed by atoms with E-state index >= 15 is 4.79 Å². The van der Waals surface area contributed by atoms with Gasteiger partial charge in [0.15, 0.2) is 23.0 Å². The molecule has 1 unspecified atom stereocenters. The van der Waals surface area contributed by atoms with Crippen LogP contribution in [0.2, 0.25) is 0 Å². The van der Waals surface area contributed by atoms with Crippen molar-refractivity contribution < 1.29 is 62.1 Å². The van der Waals surface area contributed by atoms with E-state index in [1.165, 1.54) is 26.0 Å². The molecule has 0 saturated carbocycles. The van der Waals surface area contributed by atoms with E-state index in [0.717, 1.165) is 22.5 Å². The number of anilines is 4. The summed E-state index contributed by atoms with van der Waals surface area (Å²) < 4.78 is 31.4. The number of carbonyl (C=O) groups is 7. The largest absolute Gasteiger partial charge is 0.493 e. The number of nitrogens with one attached hydrogen (secondary N) is 2. The number of amides is 6. The summed E-state index contributed by atoms with van der Waals surface area (Å²) in [6, 6.07) is 27.9. The van der Waals surface area contributed by atoms with E-state index in [0.29, 0.717) is 92.5 Å². The van der Waals surface area contributed by atoms with Crippen LogP contribution in [0.1, 0.15) is 118 Å². The Labute approximate surface area is 511 Å². The first-order chi connectivity index (χ1) is 41.4. The predicted molar refractivity (Wildman–Crippen MR) is 332 cm³/mol. The number of hydroxylamine groups is 2. The zero-order chi connectivity index (χ0) is 62.1. The van der Waals surface area contributed by atoms with E-state index in [1.807, 2.05) is 121 Å². The van der Waals surface area contributed by atoms with Crippen LogP contribution in [0.4, 0.5) is 28.4 Å². The Morgan fingerprint density at radius 2 is 1.34 bits per heavy atom. The number of ether oxygens (including phenoxy) is 5. The molecule has 0 bridgehead atoms. The molecule has 1 fully saturated rings. The molecule has 10 rings (SSSR count). The number of hydrogen-bond acceptors (Lipinski definition) is 16. The zero-order valence-electron chi connectivity index (χ0n) is 50.9. The number of thioether (sulfide) groups is 1. The van der Waals surface area contributed by atoms with E-state index in [1.54, 1.807) is 40.3 Å². The van der Waals surface area contributed by atoms with Crippen LogP contribution < -0.4 is 44.3 Å².